The first-order valence-electron chi connectivity index (χ1n) is 7.25. The van der Waals surface area contributed by atoms with E-state index in [0.29, 0.717) is 11.9 Å². The molecule has 18 heavy (non-hydrogen) atoms. The fourth-order valence-electron chi connectivity index (χ4n) is 2.02. The zero-order valence-electron chi connectivity index (χ0n) is 12.0. The number of unbranched alkanes of at least 4 members (excludes halogenated alkanes) is 4. The Morgan fingerprint density at radius 3 is 2.67 bits per heavy atom. The summed E-state index contributed by atoms with van der Waals surface area (Å²) in [6.07, 6.45) is 8.84. The molecule has 1 aromatic rings. The van der Waals surface area contributed by atoms with Crippen molar-refractivity contribution in [1.29, 1.82) is 0 Å². The maximum absolute atomic E-state index is 5.07. The van der Waals surface area contributed by atoms with Gasteiger partial charge in [-0.05, 0) is 20.3 Å². The molecule has 0 saturated heterocycles. The molecule has 1 unspecified atom stereocenters. The van der Waals surface area contributed by atoms with Gasteiger partial charge in [0.1, 0.15) is 0 Å². The lowest BCUT2D eigenvalue weighted by Gasteiger charge is -2.12. The van der Waals surface area contributed by atoms with Crippen molar-refractivity contribution < 1.29 is 4.52 Å². The quantitative estimate of drug-likeness (QED) is 0.650. The predicted molar refractivity (Wildman–Crippen MR) is 73.6 cm³/mol. The maximum Gasteiger partial charge on any atom is 0.227 e. The van der Waals surface area contributed by atoms with Crippen LogP contribution in [0.15, 0.2) is 4.52 Å². The summed E-state index contributed by atoms with van der Waals surface area (Å²) in [7, 11) is 0. The first-order valence-corrected chi connectivity index (χ1v) is 7.25. The molecule has 0 saturated carbocycles. The minimum absolute atomic E-state index is 0.579. The van der Waals surface area contributed by atoms with Crippen LogP contribution in [0.2, 0.25) is 0 Å². The van der Waals surface area contributed by atoms with Crippen LogP contribution in [0.5, 0.6) is 0 Å². The summed E-state index contributed by atoms with van der Waals surface area (Å²) in [6.45, 7) is 7.26. The molecule has 1 N–H and O–H groups in total. The van der Waals surface area contributed by atoms with Gasteiger partial charge >= 0.3 is 0 Å². The van der Waals surface area contributed by atoms with Crippen LogP contribution in [-0.2, 0) is 6.42 Å². The molecule has 1 aromatic heterocycles. The first kappa shape index (κ1) is 15.2. The number of aromatic nitrogens is 2. The zero-order chi connectivity index (χ0) is 13.2. The zero-order valence-corrected chi connectivity index (χ0v) is 12.0. The Balaban J connectivity index is 1.98. The van der Waals surface area contributed by atoms with E-state index in [4.69, 9.17) is 4.52 Å². The summed E-state index contributed by atoms with van der Waals surface area (Å²) in [5.41, 5.74) is 0. The largest absolute Gasteiger partial charge is 0.339 e. The molecular formula is C14H27N3O. The van der Waals surface area contributed by atoms with Gasteiger partial charge in [-0.1, -0.05) is 44.2 Å². The molecule has 1 heterocycles. The molecule has 0 aliphatic carbocycles. The highest BCUT2D eigenvalue weighted by Crippen LogP contribution is 2.07. The van der Waals surface area contributed by atoms with E-state index in [2.05, 4.69) is 29.3 Å². The number of nitrogens with zero attached hydrogens (tertiary/aromatic N) is 2. The van der Waals surface area contributed by atoms with Crippen LogP contribution >= 0.6 is 0 Å². The van der Waals surface area contributed by atoms with Crippen molar-refractivity contribution in [2.75, 3.05) is 6.54 Å². The summed E-state index contributed by atoms with van der Waals surface area (Å²) in [6, 6.07) is 0.579. The fourth-order valence-corrected chi connectivity index (χ4v) is 2.02. The van der Waals surface area contributed by atoms with Gasteiger partial charge in [0.15, 0.2) is 5.82 Å². The minimum Gasteiger partial charge on any atom is -0.339 e. The lowest BCUT2D eigenvalue weighted by Crippen LogP contribution is -2.28. The summed E-state index contributed by atoms with van der Waals surface area (Å²) in [5, 5.41) is 7.28. The van der Waals surface area contributed by atoms with Crippen LogP contribution in [0.25, 0.3) is 0 Å². The van der Waals surface area contributed by atoms with Gasteiger partial charge in [-0.15, -0.1) is 0 Å². The molecule has 0 aliphatic heterocycles. The Morgan fingerprint density at radius 2 is 2.00 bits per heavy atom. The van der Waals surface area contributed by atoms with Crippen LogP contribution in [0.1, 0.15) is 64.1 Å². The Kier molecular flexibility index (Phi) is 7.65. The highest BCUT2D eigenvalue weighted by Gasteiger charge is 2.04. The van der Waals surface area contributed by atoms with E-state index in [-0.39, 0.29) is 0 Å². The monoisotopic (exact) mass is 253 g/mol. The lowest BCUT2D eigenvalue weighted by molar-refractivity contribution is 0.368. The molecule has 1 atom stereocenters. The highest BCUT2D eigenvalue weighted by molar-refractivity contribution is 4.83. The molecule has 0 aliphatic rings. The van der Waals surface area contributed by atoms with Gasteiger partial charge in [0.05, 0.1) is 0 Å². The van der Waals surface area contributed by atoms with Gasteiger partial charge in [0, 0.05) is 19.0 Å². The van der Waals surface area contributed by atoms with Crippen LogP contribution in [0.3, 0.4) is 0 Å². The molecule has 4 heteroatoms. The molecule has 4 nitrogen and oxygen atoms in total. The average Bonchev–Trinajstić information content (AvgIpc) is 2.75. The summed E-state index contributed by atoms with van der Waals surface area (Å²) in [5.74, 6) is 1.45. The van der Waals surface area contributed by atoms with Crippen LogP contribution in [0.4, 0.5) is 0 Å². The minimum atomic E-state index is 0.579. The molecule has 0 radical (unpaired) electrons. The van der Waals surface area contributed by atoms with Crippen LogP contribution < -0.4 is 5.32 Å². The van der Waals surface area contributed by atoms with E-state index in [0.717, 1.165) is 18.9 Å². The van der Waals surface area contributed by atoms with E-state index in [1.165, 1.54) is 38.5 Å². The third-order valence-corrected chi connectivity index (χ3v) is 3.14. The third-order valence-electron chi connectivity index (χ3n) is 3.14. The second kappa shape index (κ2) is 9.09. The van der Waals surface area contributed by atoms with Gasteiger partial charge < -0.3 is 9.84 Å². The average molecular weight is 253 g/mol. The molecule has 1 rings (SSSR count). The number of aryl methyl sites for hydroxylation is 1. The van der Waals surface area contributed by atoms with E-state index in [9.17, 15) is 0 Å². The van der Waals surface area contributed by atoms with Crippen molar-refractivity contribution in [3.05, 3.63) is 11.7 Å². The Labute approximate surface area is 111 Å². The molecule has 0 aromatic carbocycles. The van der Waals surface area contributed by atoms with Crippen molar-refractivity contribution in [3.8, 4) is 0 Å². The van der Waals surface area contributed by atoms with E-state index in [1.54, 1.807) is 0 Å². The third kappa shape index (κ3) is 6.74. The van der Waals surface area contributed by atoms with E-state index >= 15 is 0 Å². The van der Waals surface area contributed by atoms with Crippen LogP contribution in [0, 0.1) is 6.92 Å². The van der Waals surface area contributed by atoms with Crippen molar-refractivity contribution in [2.45, 2.75) is 71.8 Å². The number of nitrogens with one attached hydrogen (secondary N) is 1. The van der Waals surface area contributed by atoms with Crippen molar-refractivity contribution in [2.24, 2.45) is 0 Å². The van der Waals surface area contributed by atoms with Gasteiger partial charge in [0.2, 0.25) is 5.89 Å². The molecule has 104 valence electrons. The second-order valence-corrected chi connectivity index (χ2v) is 5.04. The first-order chi connectivity index (χ1) is 8.72. The number of hydrogen-bond donors (Lipinski definition) is 1. The number of rotatable bonds is 10. The van der Waals surface area contributed by atoms with Gasteiger partial charge in [0.25, 0.3) is 0 Å². The molecule has 0 fully saturated rings. The van der Waals surface area contributed by atoms with Crippen molar-refractivity contribution in [1.82, 2.24) is 15.5 Å². The summed E-state index contributed by atoms with van der Waals surface area (Å²) in [4.78, 5) is 4.19. The normalized spacial score (nSPS) is 12.8. The fraction of sp³-hybridized carbons (Fsp3) is 0.857. The lowest BCUT2D eigenvalue weighted by atomic mass is 10.1. The molecule has 0 spiro atoms. The summed E-state index contributed by atoms with van der Waals surface area (Å²) >= 11 is 0. The Bertz CT molecular complexity index is 312. The molecule has 0 amide bonds. The van der Waals surface area contributed by atoms with Crippen LogP contribution in [-0.4, -0.2) is 22.7 Å². The standard InChI is InChI=1S/C14H27N3O/c1-4-5-6-7-8-9-12(2)15-11-10-14-16-13(3)17-18-14/h12,15H,4-11H2,1-3H3. The Morgan fingerprint density at radius 1 is 1.22 bits per heavy atom. The topological polar surface area (TPSA) is 51.0 Å². The molecular weight excluding hydrogens is 226 g/mol. The van der Waals surface area contributed by atoms with E-state index in [1.807, 2.05) is 6.92 Å². The van der Waals surface area contributed by atoms with Gasteiger partial charge in [-0.2, -0.15) is 4.98 Å². The number of hydrogen-bond acceptors (Lipinski definition) is 4. The van der Waals surface area contributed by atoms with E-state index < -0.39 is 0 Å². The second-order valence-electron chi connectivity index (χ2n) is 5.04. The summed E-state index contributed by atoms with van der Waals surface area (Å²) < 4.78 is 5.07. The molecule has 0 bridgehead atoms. The van der Waals surface area contributed by atoms with Crippen molar-refractivity contribution in [3.63, 3.8) is 0 Å². The van der Waals surface area contributed by atoms with Gasteiger partial charge in [-0.3, -0.25) is 0 Å². The predicted octanol–water partition coefficient (Wildman–Crippen LogP) is 3.26. The van der Waals surface area contributed by atoms with Crippen molar-refractivity contribution >= 4 is 0 Å². The highest BCUT2D eigenvalue weighted by atomic mass is 16.5. The van der Waals surface area contributed by atoms with Gasteiger partial charge in [-0.25, -0.2) is 0 Å². The SMILES string of the molecule is CCCCCCCC(C)NCCc1nc(C)no1. The Hall–Kier alpha value is -0.900. The smallest absolute Gasteiger partial charge is 0.227 e. The maximum atomic E-state index is 5.07.